The molecule has 2 rings (SSSR count). The second kappa shape index (κ2) is 4.76. The topological polar surface area (TPSA) is 59.5 Å². The lowest BCUT2D eigenvalue weighted by atomic mass is 9.80. The molecule has 1 aromatic heterocycles. The van der Waals surface area contributed by atoms with Crippen LogP contribution in [0.15, 0.2) is 16.5 Å². The van der Waals surface area contributed by atoms with Crippen molar-refractivity contribution in [3.8, 4) is 0 Å². The number of amides is 1. The highest BCUT2D eigenvalue weighted by atomic mass is 16.4. The molecule has 1 aliphatic heterocycles. The molecular formula is C14H22N2O2. The monoisotopic (exact) mass is 250 g/mol. The van der Waals surface area contributed by atoms with Crippen molar-refractivity contribution in [2.75, 3.05) is 13.1 Å². The Kier molecular flexibility index (Phi) is 3.48. The molecule has 4 heteroatoms. The van der Waals surface area contributed by atoms with Crippen molar-refractivity contribution in [1.29, 1.82) is 0 Å². The van der Waals surface area contributed by atoms with E-state index in [1.165, 1.54) is 0 Å². The molecule has 0 aromatic carbocycles. The summed E-state index contributed by atoms with van der Waals surface area (Å²) >= 11 is 0. The number of carbonyl (C=O) groups is 1. The number of hydrogen-bond donors (Lipinski definition) is 1. The largest absolute Gasteiger partial charge is 0.455 e. The normalized spacial score (nSPS) is 20.4. The number of nitrogens with zero attached hydrogens (tertiary/aromatic N) is 1. The number of carbonyl (C=O) groups excluding carboxylic acids is 1. The van der Waals surface area contributed by atoms with E-state index in [0.29, 0.717) is 24.0 Å². The van der Waals surface area contributed by atoms with Crippen LogP contribution in [0.1, 0.15) is 43.5 Å². The van der Waals surface area contributed by atoms with Gasteiger partial charge in [-0.05, 0) is 29.9 Å². The maximum atomic E-state index is 12.2. The van der Waals surface area contributed by atoms with Gasteiger partial charge in [-0.15, -0.1) is 0 Å². The first-order valence-corrected chi connectivity index (χ1v) is 6.50. The molecule has 0 spiro atoms. The van der Waals surface area contributed by atoms with Crippen LogP contribution >= 0.6 is 0 Å². The van der Waals surface area contributed by atoms with Crippen molar-refractivity contribution >= 4 is 5.91 Å². The number of nitrogens with two attached hydrogens (primary N) is 1. The van der Waals surface area contributed by atoms with Gasteiger partial charge >= 0.3 is 0 Å². The van der Waals surface area contributed by atoms with Crippen LogP contribution in [0.3, 0.4) is 0 Å². The molecule has 2 heterocycles. The van der Waals surface area contributed by atoms with Gasteiger partial charge in [-0.1, -0.05) is 20.8 Å². The molecule has 1 aromatic rings. The standard InChI is InChI=1S/C14H22N2O2/c1-14(2,3)10-6-7-16(9-10)13(17)12-5-4-11(8-15)18-12/h4-5,10H,6-9,15H2,1-3H3. The summed E-state index contributed by atoms with van der Waals surface area (Å²) in [5.41, 5.74) is 5.73. The van der Waals surface area contributed by atoms with Gasteiger partial charge < -0.3 is 15.1 Å². The lowest BCUT2D eigenvalue weighted by molar-refractivity contribution is 0.0743. The van der Waals surface area contributed by atoms with Crippen molar-refractivity contribution < 1.29 is 9.21 Å². The second-order valence-electron chi connectivity index (χ2n) is 6.07. The Morgan fingerprint density at radius 3 is 2.72 bits per heavy atom. The Labute approximate surface area is 108 Å². The maximum absolute atomic E-state index is 12.2. The highest BCUT2D eigenvalue weighted by Gasteiger charge is 2.34. The zero-order chi connectivity index (χ0) is 13.3. The molecule has 1 saturated heterocycles. The van der Waals surface area contributed by atoms with Gasteiger partial charge in [-0.3, -0.25) is 4.79 Å². The van der Waals surface area contributed by atoms with Crippen molar-refractivity contribution in [1.82, 2.24) is 4.90 Å². The van der Waals surface area contributed by atoms with Crippen LogP contribution in [0.4, 0.5) is 0 Å². The Bertz CT molecular complexity index is 431. The average Bonchev–Trinajstić information content (AvgIpc) is 2.96. The zero-order valence-corrected chi connectivity index (χ0v) is 11.4. The van der Waals surface area contributed by atoms with Gasteiger partial charge in [-0.25, -0.2) is 0 Å². The molecule has 0 saturated carbocycles. The highest BCUT2D eigenvalue weighted by Crippen LogP contribution is 2.34. The molecule has 1 amide bonds. The number of furan rings is 1. The molecule has 0 aliphatic carbocycles. The van der Waals surface area contributed by atoms with Crippen LogP contribution in [0.2, 0.25) is 0 Å². The number of likely N-dealkylation sites (tertiary alicyclic amines) is 1. The van der Waals surface area contributed by atoms with Gasteiger partial charge in [0.25, 0.3) is 5.91 Å². The van der Waals surface area contributed by atoms with Crippen LogP contribution in [0.25, 0.3) is 0 Å². The third-order valence-electron chi connectivity index (χ3n) is 3.77. The summed E-state index contributed by atoms with van der Waals surface area (Å²) in [5.74, 6) is 1.61. The summed E-state index contributed by atoms with van der Waals surface area (Å²) in [6.45, 7) is 8.65. The molecule has 0 bridgehead atoms. The van der Waals surface area contributed by atoms with E-state index in [9.17, 15) is 4.79 Å². The van der Waals surface area contributed by atoms with E-state index < -0.39 is 0 Å². The first kappa shape index (κ1) is 13.1. The van der Waals surface area contributed by atoms with Crippen LogP contribution in [0.5, 0.6) is 0 Å². The molecular weight excluding hydrogens is 228 g/mol. The third-order valence-corrected chi connectivity index (χ3v) is 3.77. The van der Waals surface area contributed by atoms with E-state index in [1.807, 2.05) is 4.90 Å². The fraction of sp³-hybridized carbons (Fsp3) is 0.643. The van der Waals surface area contributed by atoms with E-state index in [2.05, 4.69) is 20.8 Å². The summed E-state index contributed by atoms with van der Waals surface area (Å²) in [6, 6.07) is 3.49. The van der Waals surface area contributed by atoms with Crippen molar-refractivity contribution in [2.24, 2.45) is 17.1 Å². The molecule has 2 N–H and O–H groups in total. The van der Waals surface area contributed by atoms with Gasteiger partial charge in [0.05, 0.1) is 6.54 Å². The minimum absolute atomic E-state index is 0.0125. The van der Waals surface area contributed by atoms with E-state index >= 15 is 0 Å². The van der Waals surface area contributed by atoms with E-state index in [4.69, 9.17) is 10.2 Å². The zero-order valence-electron chi connectivity index (χ0n) is 11.4. The summed E-state index contributed by atoms with van der Waals surface area (Å²) in [6.07, 6.45) is 1.07. The van der Waals surface area contributed by atoms with Gasteiger partial charge in [0.15, 0.2) is 5.76 Å². The van der Waals surface area contributed by atoms with Crippen LogP contribution in [-0.4, -0.2) is 23.9 Å². The number of hydrogen-bond acceptors (Lipinski definition) is 3. The molecule has 1 fully saturated rings. The predicted octanol–water partition coefficient (Wildman–Crippen LogP) is 2.25. The molecule has 0 radical (unpaired) electrons. The highest BCUT2D eigenvalue weighted by molar-refractivity contribution is 5.91. The van der Waals surface area contributed by atoms with Crippen molar-refractivity contribution in [3.63, 3.8) is 0 Å². The van der Waals surface area contributed by atoms with Crippen LogP contribution in [0, 0.1) is 11.3 Å². The average molecular weight is 250 g/mol. The van der Waals surface area contributed by atoms with E-state index in [-0.39, 0.29) is 11.3 Å². The summed E-state index contributed by atoms with van der Waals surface area (Å²) in [7, 11) is 0. The molecule has 1 aliphatic rings. The summed E-state index contributed by atoms with van der Waals surface area (Å²) in [5, 5.41) is 0. The van der Waals surface area contributed by atoms with E-state index in [0.717, 1.165) is 19.5 Å². The second-order valence-corrected chi connectivity index (χ2v) is 6.07. The van der Waals surface area contributed by atoms with Crippen LogP contribution in [-0.2, 0) is 6.54 Å². The molecule has 100 valence electrons. The van der Waals surface area contributed by atoms with Crippen molar-refractivity contribution in [3.05, 3.63) is 23.7 Å². The van der Waals surface area contributed by atoms with E-state index in [1.54, 1.807) is 12.1 Å². The number of rotatable bonds is 2. The minimum atomic E-state index is -0.0125. The molecule has 18 heavy (non-hydrogen) atoms. The Hall–Kier alpha value is -1.29. The van der Waals surface area contributed by atoms with Gasteiger partial charge in [0, 0.05) is 13.1 Å². The van der Waals surface area contributed by atoms with Crippen LogP contribution < -0.4 is 5.73 Å². The Morgan fingerprint density at radius 2 is 2.22 bits per heavy atom. The van der Waals surface area contributed by atoms with Gasteiger partial charge in [-0.2, -0.15) is 0 Å². The quantitative estimate of drug-likeness (QED) is 0.875. The Balaban J connectivity index is 2.03. The van der Waals surface area contributed by atoms with Gasteiger partial charge in [0.1, 0.15) is 5.76 Å². The smallest absolute Gasteiger partial charge is 0.289 e. The summed E-state index contributed by atoms with van der Waals surface area (Å²) in [4.78, 5) is 14.1. The summed E-state index contributed by atoms with van der Waals surface area (Å²) < 4.78 is 5.41. The van der Waals surface area contributed by atoms with Gasteiger partial charge in [0.2, 0.25) is 0 Å². The fourth-order valence-electron chi connectivity index (χ4n) is 2.41. The predicted molar refractivity (Wildman–Crippen MR) is 70.1 cm³/mol. The lowest BCUT2D eigenvalue weighted by Gasteiger charge is -2.26. The first-order chi connectivity index (χ1) is 8.41. The first-order valence-electron chi connectivity index (χ1n) is 6.50. The van der Waals surface area contributed by atoms with Crippen molar-refractivity contribution in [2.45, 2.75) is 33.7 Å². The third kappa shape index (κ3) is 2.58. The molecule has 1 unspecified atom stereocenters. The maximum Gasteiger partial charge on any atom is 0.289 e. The SMILES string of the molecule is CC(C)(C)C1CCN(C(=O)c2ccc(CN)o2)C1. The fourth-order valence-corrected chi connectivity index (χ4v) is 2.41. The lowest BCUT2D eigenvalue weighted by Crippen LogP contribution is -2.30. The molecule has 1 atom stereocenters. The minimum Gasteiger partial charge on any atom is -0.455 e. The Morgan fingerprint density at radius 1 is 1.50 bits per heavy atom. The molecule has 4 nitrogen and oxygen atoms in total.